The predicted molar refractivity (Wildman–Crippen MR) is 144 cm³/mol. The van der Waals surface area contributed by atoms with Gasteiger partial charge in [0.05, 0.1) is 5.02 Å². The lowest BCUT2D eigenvalue weighted by molar-refractivity contribution is 0.485. The van der Waals surface area contributed by atoms with Gasteiger partial charge in [0.25, 0.3) is 0 Å². The summed E-state index contributed by atoms with van der Waals surface area (Å²) in [6, 6.07) is 13.5. The van der Waals surface area contributed by atoms with Crippen LogP contribution in [0.2, 0.25) is 10.0 Å². The summed E-state index contributed by atoms with van der Waals surface area (Å²) in [5.41, 5.74) is 9.27. The maximum atomic E-state index is 6.62. The fourth-order valence-corrected chi connectivity index (χ4v) is 6.63. The van der Waals surface area contributed by atoms with E-state index in [1.54, 1.807) is 48.7 Å². The molecule has 3 aromatic heterocycles. The van der Waals surface area contributed by atoms with Gasteiger partial charge in [-0.3, -0.25) is 9.97 Å². The van der Waals surface area contributed by atoms with E-state index < -0.39 is 4.87 Å². The fourth-order valence-electron chi connectivity index (χ4n) is 3.96. The lowest BCUT2D eigenvalue weighted by atomic mass is 9.96. The van der Waals surface area contributed by atoms with Crippen molar-refractivity contribution in [2.24, 2.45) is 10.8 Å². The van der Waals surface area contributed by atoms with Gasteiger partial charge in [0, 0.05) is 47.0 Å². The Labute approximate surface area is 221 Å². The summed E-state index contributed by atoms with van der Waals surface area (Å²) in [7, 11) is 0. The minimum absolute atomic E-state index is 0.304. The zero-order chi connectivity index (χ0) is 24.4. The predicted octanol–water partition coefficient (Wildman–Crippen LogP) is 6.19. The third-order valence-corrected chi connectivity index (χ3v) is 8.64. The van der Waals surface area contributed by atoms with Gasteiger partial charge in [0.1, 0.15) is 14.9 Å². The van der Waals surface area contributed by atoms with Gasteiger partial charge in [0.15, 0.2) is 0 Å². The number of nitrogens with zero attached hydrogens (tertiary/aromatic N) is 6. The van der Waals surface area contributed by atoms with E-state index in [2.05, 4.69) is 32.3 Å². The number of hydrazone groups is 1. The molecule has 1 aromatic carbocycles. The van der Waals surface area contributed by atoms with Crippen molar-refractivity contribution in [3.8, 4) is 0 Å². The Kier molecular flexibility index (Phi) is 7.04. The van der Waals surface area contributed by atoms with Crippen LogP contribution >= 0.6 is 46.3 Å². The number of benzene rings is 1. The number of hydrogen-bond donors (Lipinski definition) is 1. The molecule has 1 aliphatic rings. The first-order chi connectivity index (χ1) is 17.0. The molecule has 0 bridgehead atoms. The van der Waals surface area contributed by atoms with Crippen LogP contribution in [0.5, 0.6) is 0 Å². The molecule has 0 saturated heterocycles. The van der Waals surface area contributed by atoms with E-state index in [-0.39, 0.29) is 6.04 Å². The van der Waals surface area contributed by atoms with E-state index >= 15 is 0 Å². The SMILES string of the molecule is Cc1nnc(N2N=C(c3cnccc3Cl)SC2(CCC(N)c2cnccc2Cl)c2ccccc2)s1. The second-order valence-corrected chi connectivity index (χ2v) is 11.2. The van der Waals surface area contributed by atoms with E-state index in [1.165, 1.54) is 11.3 Å². The van der Waals surface area contributed by atoms with Crippen LogP contribution in [0.25, 0.3) is 0 Å². The van der Waals surface area contributed by atoms with Gasteiger partial charge in [-0.15, -0.1) is 10.2 Å². The van der Waals surface area contributed by atoms with Crippen molar-refractivity contribution in [1.29, 1.82) is 0 Å². The Morgan fingerprint density at radius 2 is 1.74 bits per heavy atom. The first-order valence-corrected chi connectivity index (χ1v) is 13.3. The van der Waals surface area contributed by atoms with E-state index in [0.29, 0.717) is 28.0 Å². The van der Waals surface area contributed by atoms with Gasteiger partial charge in [-0.05, 0) is 37.5 Å². The molecular weight excluding hydrogens is 521 g/mol. The molecule has 0 saturated carbocycles. The third-order valence-electron chi connectivity index (χ3n) is 5.71. The number of hydrogen-bond acceptors (Lipinski definition) is 9. The third kappa shape index (κ3) is 4.79. The summed E-state index contributed by atoms with van der Waals surface area (Å²) in [6.07, 6.45) is 8.07. The van der Waals surface area contributed by atoms with Crippen LogP contribution in [0.4, 0.5) is 5.13 Å². The lowest BCUT2D eigenvalue weighted by Gasteiger charge is -2.36. The summed E-state index contributed by atoms with van der Waals surface area (Å²) in [5.74, 6) is 0. The topological polar surface area (TPSA) is 93.2 Å². The van der Waals surface area contributed by atoms with E-state index in [1.807, 2.05) is 30.1 Å². The molecule has 1 aliphatic heterocycles. The maximum absolute atomic E-state index is 6.62. The second-order valence-electron chi connectivity index (χ2n) is 7.97. The Morgan fingerprint density at radius 1 is 1.00 bits per heavy atom. The standard InChI is InChI=1S/C24H21Cl2N7S2/c1-15-30-31-23(34-15)33-24(16-5-3-2-4-6-16,10-7-21(27)17-13-28-11-8-19(17)25)35-22(32-33)18-14-29-12-9-20(18)26/h2-6,8-9,11-14,21H,7,10,27H2,1H3. The van der Waals surface area contributed by atoms with Gasteiger partial charge in [-0.1, -0.05) is 76.6 Å². The highest BCUT2D eigenvalue weighted by atomic mass is 35.5. The van der Waals surface area contributed by atoms with E-state index in [9.17, 15) is 0 Å². The molecule has 7 nitrogen and oxygen atoms in total. The first kappa shape index (κ1) is 24.1. The fraction of sp³-hybridized carbons (Fsp3) is 0.208. The molecule has 2 unspecified atom stereocenters. The molecule has 5 rings (SSSR count). The quantitative estimate of drug-likeness (QED) is 0.298. The van der Waals surface area contributed by atoms with Gasteiger partial charge in [-0.2, -0.15) is 5.10 Å². The van der Waals surface area contributed by atoms with Crippen molar-refractivity contribution in [1.82, 2.24) is 20.2 Å². The van der Waals surface area contributed by atoms with Crippen LogP contribution in [0.1, 0.15) is 40.6 Å². The molecule has 0 spiro atoms. The van der Waals surface area contributed by atoms with Crippen LogP contribution in [0.15, 0.2) is 72.4 Å². The molecule has 11 heteroatoms. The molecule has 0 amide bonds. The summed E-state index contributed by atoms with van der Waals surface area (Å²) in [4.78, 5) is 7.85. The molecule has 4 aromatic rings. The molecule has 0 radical (unpaired) electrons. The van der Waals surface area contributed by atoms with Crippen LogP contribution in [-0.4, -0.2) is 25.2 Å². The van der Waals surface area contributed by atoms with Crippen LogP contribution in [0.3, 0.4) is 0 Å². The smallest absolute Gasteiger partial charge is 0.230 e. The minimum atomic E-state index is -0.631. The Bertz CT molecular complexity index is 1360. The molecule has 35 heavy (non-hydrogen) atoms. The summed E-state index contributed by atoms with van der Waals surface area (Å²) >= 11 is 16.1. The zero-order valence-corrected chi connectivity index (χ0v) is 21.8. The van der Waals surface area contributed by atoms with Crippen molar-refractivity contribution in [3.63, 3.8) is 0 Å². The largest absolute Gasteiger partial charge is 0.324 e. The highest BCUT2D eigenvalue weighted by molar-refractivity contribution is 8.15. The molecule has 0 aliphatic carbocycles. The zero-order valence-electron chi connectivity index (χ0n) is 18.7. The number of anilines is 1. The van der Waals surface area contributed by atoms with Gasteiger partial charge < -0.3 is 5.73 Å². The average molecular weight is 543 g/mol. The number of rotatable bonds is 7. The Hall–Kier alpha value is -2.56. The molecule has 178 valence electrons. The van der Waals surface area contributed by atoms with Gasteiger partial charge in [0.2, 0.25) is 5.13 Å². The van der Waals surface area contributed by atoms with Crippen molar-refractivity contribution >= 4 is 56.5 Å². The Morgan fingerprint density at radius 3 is 2.43 bits per heavy atom. The summed E-state index contributed by atoms with van der Waals surface area (Å²) in [5, 5.41) is 19.2. The molecule has 4 heterocycles. The maximum Gasteiger partial charge on any atom is 0.230 e. The van der Waals surface area contributed by atoms with Crippen molar-refractivity contribution in [2.45, 2.75) is 30.7 Å². The highest BCUT2D eigenvalue weighted by Crippen LogP contribution is 2.53. The van der Waals surface area contributed by atoms with Crippen LogP contribution < -0.4 is 10.7 Å². The van der Waals surface area contributed by atoms with Gasteiger partial charge in [-0.25, -0.2) is 5.01 Å². The molecule has 2 atom stereocenters. The van der Waals surface area contributed by atoms with Crippen molar-refractivity contribution < 1.29 is 0 Å². The second kappa shape index (κ2) is 10.2. The average Bonchev–Trinajstić information content (AvgIpc) is 3.48. The van der Waals surface area contributed by atoms with E-state index in [4.69, 9.17) is 34.0 Å². The number of halogens is 2. The Balaban J connectivity index is 1.59. The number of aromatic nitrogens is 4. The van der Waals surface area contributed by atoms with Gasteiger partial charge >= 0.3 is 0 Å². The number of aryl methyl sites for hydroxylation is 1. The molecule has 0 fully saturated rings. The van der Waals surface area contributed by atoms with Crippen molar-refractivity contribution in [3.05, 3.63) is 99.0 Å². The molecule has 2 N–H and O–H groups in total. The lowest BCUT2D eigenvalue weighted by Crippen LogP contribution is -2.38. The summed E-state index contributed by atoms with van der Waals surface area (Å²) < 4.78 is 0. The van der Waals surface area contributed by atoms with E-state index in [0.717, 1.165) is 26.7 Å². The normalized spacial score (nSPS) is 18.5. The minimum Gasteiger partial charge on any atom is -0.324 e. The summed E-state index contributed by atoms with van der Waals surface area (Å²) in [6.45, 7) is 1.93. The van der Waals surface area contributed by atoms with Crippen LogP contribution in [-0.2, 0) is 4.87 Å². The number of pyridine rings is 2. The number of nitrogens with two attached hydrogens (primary N) is 1. The highest BCUT2D eigenvalue weighted by Gasteiger charge is 2.48. The number of thioether (sulfide) groups is 1. The monoisotopic (exact) mass is 541 g/mol. The first-order valence-electron chi connectivity index (χ1n) is 10.9. The van der Waals surface area contributed by atoms with Crippen LogP contribution in [0, 0.1) is 6.92 Å². The van der Waals surface area contributed by atoms with Crippen molar-refractivity contribution in [2.75, 3.05) is 5.01 Å². The molecular formula is C24H21Cl2N7S2.